The predicted molar refractivity (Wildman–Crippen MR) is 76.2 cm³/mol. The van der Waals surface area contributed by atoms with Gasteiger partial charge in [0.05, 0.1) is 0 Å². The zero-order chi connectivity index (χ0) is 11.9. The van der Waals surface area contributed by atoms with Gasteiger partial charge in [-0.3, -0.25) is 0 Å². The Hall–Kier alpha value is -0.690. The predicted octanol–water partition coefficient (Wildman–Crippen LogP) is 4.24. The zero-order valence-corrected chi connectivity index (χ0v) is 11.3. The molecular weight excluding hydrogens is 230 g/mol. The summed E-state index contributed by atoms with van der Waals surface area (Å²) in [4.78, 5) is 2.57. The molecule has 1 aliphatic heterocycles. The molecule has 0 aliphatic carbocycles. The number of unbranched alkanes of at least 4 members (excludes halogenated alkanes) is 2. The molecule has 2 rings (SSSR count). The fourth-order valence-corrected chi connectivity index (χ4v) is 2.76. The van der Waals surface area contributed by atoms with E-state index in [1.807, 2.05) is 0 Å². The number of nitrogens with zero attached hydrogens (tertiary/aromatic N) is 1. The van der Waals surface area contributed by atoms with Gasteiger partial charge < -0.3 is 4.90 Å². The average molecular weight is 252 g/mol. The Balaban J connectivity index is 1.97. The van der Waals surface area contributed by atoms with E-state index in [1.165, 1.54) is 56.4 Å². The summed E-state index contributed by atoms with van der Waals surface area (Å²) < 4.78 is 0. The van der Waals surface area contributed by atoms with E-state index in [0.717, 1.165) is 12.3 Å². The fraction of sp³-hybridized carbons (Fsp3) is 0.600. The number of fused-ring (bicyclic) bond motifs is 1. The first kappa shape index (κ1) is 12.8. The number of alkyl halides is 1. The Morgan fingerprint density at radius 1 is 1.06 bits per heavy atom. The van der Waals surface area contributed by atoms with Gasteiger partial charge in [0.15, 0.2) is 0 Å². The average Bonchev–Trinajstić information content (AvgIpc) is 2.57. The smallest absolute Gasteiger partial charge is 0.0398 e. The fourth-order valence-electron chi connectivity index (χ4n) is 2.58. The third-order valence-electron chi connectivity index (χ3n) is 3.52. The van der Waals surface area contributed by atoms with Gasteiger partial charge in [-0.15, -0.1) is 11.6 Å². The first-order valence-corrected chi connectivity index (χ1v) is 7.34. The Kier molecular flexibility index (Phi) is 5.18. The molecule has 0 fully saturated rings. The van der Waals surface area contributed by atoms with E-state index in [9.17, 15) is 0 Å². The molecule has 0 radical (unpaired) electrons. The molecule has 17 heavy (non-hydrogen) atoms. The van der Waals surface area contributed by atoms with Crippen LogP contribution in [-0.2, 0) is 6.42 Å². The maximum atomic E-state index is 5.72. The van der Waals surface area contributed by atoms with E-state index in [-0.39, 0.29) is 0 Å². The van der Waals surface area contributed by atoms with Crippen LogP contribution in [0.3, 0.4) is 0 Å². The standard InChI is InChI=1S/C15H22ClN/c16-11-5-1-6-12-17-13-7-4-9-14-8-2-3-10-15(14)17/h2-3,8,10H,1,4-7,9,11-13H2. The minimum absolute atomic E-state index is 0.802. The van der Waals surface area contributed by atoms with Gasteiger partial charge in [0.1, 0.15) is 0 Å². The lowest BCUT2D eigenvalue weighted by atomic mass is 10.1. The minimum atomic E-state index is 0.802. The molecule has 1 aromatic rings. The minimum Gasteiger partial charge on any atom is -0.371 e. The number of aryl methyl sites for hydroxylation is 1. The summed E-state index contributed by atoms with van der Waals surface area (Å²) in [5.41, 5.74) is 3.00. The van der Waals surface area contributed by atoms with E-state index in [0.29, 0.717) is 0 Å². The molecule has 1 nitrogen and oxygen atoms in total. The van der Waals surface area contributed by atoms with Crippen molar-refractivity contribution in [1.29, 1.82) is 0 Å². The normalized spacial score (nSPS) is 15.5. The zero-order valence-electron chi connectivity index (χ0n) is 10.5. The lowest BCUT2D eigenvalue weighted by Gasteiger charge is -2.24. The van der Waals surface area contributed by atoms with Crippen molar-refractivity contribution in [3.8, 4) is 0 Å². The van der Waals surface area contributed by atoms with Crippen LogP contribution in [-0.4, -0.2) is 19.0 Å². The van der Waals surface area contributed by atoms with Gasteiger partial charge in [-0.25, -0.2) is 0 Å². The summed E-state index contributed by atoms with van der Waals surface area (Å²) in [5.74, 6) is 0.802. The number of halogens is 1. The van der Waals surface area contributed by atoms with Crippen LogP contribution in [0.1, 0.15) is 37.7 Å². The summed E-state index contributed by atoms with van der Waals surface area (Å²) in [7, 11) is 0. The van der Waals surface area contributed by atoms with Crippen molar-refractivity contribution < 1.29 is 0 Å². The number of rotatable bonds is 5. The van der Waals surface area contributed by atoms with Crippen LogP contribution in [0.4, 0.5) is 5.69 Å². The van der Waals surface area contributed by atoms with E-state index in [4.69, 9.17) is 11.6 Å². The highest BCUT2D eigenvalue weighted by molar-refractivity contribution is 6.17. The number of hydrogen-bond acceptors (Lipinski definition) is 1. The van der Waals surface area contributed by atoms with Crippen LogP contribution >= 0.6 is 11.6 Å². The van der Waals surface area contributed by atoms with Gasteiger partial charge in [-0.05, 0) is 43.7 Å². The van der Waals surface area contributed by atoms with E-state index < -0.39 is 0 Å². The number of benzene rings is 1. The second-order valence-corrected chi connectivity index (χ2v) is 5.20. The highest BCUT2D eigenvalue weighted by Gasteiger charge is 2.13. The first-order chi connectivity index (χ1) is 8.42. The van der Waals surface area contributed by atoms with Crippen LogP contribution in [0.25, 0.3) is 0 Å². The van der Waals surface area contributed by atoms with Crippen LogP contribution in [0, 0.1) is 0 Å². The Bertz CT molecular complexity index is 337. The summed E-state index contributed by atoms with van der Waals surface area (Å²) in [6.07, 6.45) is 7.56. The second kappa shape index (κ2) is 6.90. The Morgan fingerprint density at radius 2 is 1.94 bits per heavy atom. The van der Waals surface area contributed by atoms with Crippen LogP contribution in [0.2, 0.25) is 0 Å². The molecule has 1 heterocycles. The number of para-hydroxylation sites is 1. The molecule has 94 valence electrons. The van der Waals surface area contributed by atoms with Crippen molar-refractivity contribution in [2.24, 2.45) is 0 Å². The summed E-state index contributed by atoms with van der Waals surface area (Å²) >= 11 is 5.72. The molecule has 0 saturated heterocycles. The molecule has 0 amide bonds. The van der Waals surface area contributed by atoms with Crippen molar-refractivity contribution in [2.75, 3.05) is 23.9 Å². The lowest BCUT2D eigenvalue weighted by molar-refractivity contribution is 0.658. The topological polar surface area (TPSA) is 3.24 Å². The third kappa shape index (κ3) is 3.64. The van der Waals surface area contributed by atoms with Gasteiger partial charge in [0.25, 0.3) is 0 Å². The summed E-state index contributed by atoms with van der Waals surface area (Å²) in [5, 5.41) is 0. The van der Waals surface area contributed by atoms with E-state index in [2.05, 4.69) is 29.2 Å². The second-order valence-electron chi connectivity index (χ2n) is 4.82. The molecule has 0 atom stereocenters. The van der Waals surface area contributed by atoms with Crippen molar-refractivity contribution in [2.45, 2.75) is 38.5 Å². The quantitative estimate of drug-likeness (QED) is 0.559. The SMILES string of the molecule is ClCCCCCN1CCCCc2ccccc21. The van der Waals surface area contributed by atoms with Crippen molar-refractivity contribution in [3.05, 3.63) is 29.8 Å². The molecular formula is C15H22ClN. The molecule has 1 aliphatic rings. The molecule has 2 heteroatoms. The van der Waals surface area contributed by atoms with Crippen molar-refractivity contribution in [3.63, 3.8) is 0 Å². The van der Waals surface area contributed by atoms with Crippen LogP contribution in [0.15, 0.2) is 24.3 Å². The molecule has 0 bridgehead atoms. The first-order valence-electron chi connectivity index (χ1n) is 6.80. The molecule has 0 unspecified atom stereocenters. The van der Waals surface area contributed by atoms with Gasteiger partial charge in [0, 0.05) is 24.7 Å². The Labute approximate surface area is 110 Å². The van der Waals surface area contributed by atoms with E-state index >= 15 is 0 Å². The molecule has 1 aromatic carbocycles. The molecule has 0 saturated carbocycles. The Morgan fingerprint density at radius 3 is 2.82 bits per heavy atom. The van der Waals surface area contributed by atoms with E-state index in [1.54, 1.807) is 0 Å². The molecule has 0 spiro atoms. The van der Waals surface area contributed by atoms with Crippen molar-refractivity contribution in [1.82, 2.24) is 0 Å². The van der Waals surface area contributed by atoms with Gasteiger partial charge in [-0.1, -0.05) is 24.6 Å². The largest absolute Gasteiger partial charge is 0.371 e. The number of hydrogen-bond donors (Lipinski definition) is 0. The molecule has 0 aromatic heterocycles. The van der Waals surface area contributed by atoms with Gasteiger partial charge >= 0.3 is 0 Å². The van der Waals surface area contributed by atoms with Gasteiger partial charge in [0.2, 0.25) is 0 Å². The summed E-state index contributed by atoms with van der Waals surface area (Å²) in [6.45, 7) is 2.41. The maximum absolute atomic E-state index is 5.72. The van der Waals surface area contributed by atoms with Crippen LogP contribution < -0.4 is 4.90 Å². The van der Waals surface area contributed by atoms with Crippen LogP contribution in [0.5, 0.6) is 0 Å². The monoisotopic (exact) mass is 251 g/mol. The molecule has 0 N–H and O–H groups in total. The maximum Gasteiger partial charge on any atom is 0.0398 e. The van der Waals surface area contributed by atoms with Crippen molar-refractivity contribution >= 4 is 17.3 Å². The highest BCUT2D eigenvalue weighted by atomic mass is 35.5. The van der Waals surface area contributed by atoms with Gasteiger partial charge in [-0.2, -0.15) is 0 Å². The lowest BCUT2D eigenvalue weighted by Crippen LogP contribution is -2.25. The highest BCUT2D eigenvalue weighted by Crippen LogP contribution is 2.26. The summed E-state index contributed by atoms with van der Waals surface area (Å²) in [6, 6.07) is 8.89. The number of anilines is 1. The third-order valence-corrected chi connectivity index (χ3v) is 3.79.